The number of anilines is 1. The Labute approximate surface area is 200 Å². The molecule has 0 fully saturated rings. The number of carbonyl (C=O) groups excluding carboxylic acids is 1. The van der Waals surface area contributed by atoms with E-state index in [4.69, 9.17) is 0 Å². The lowest BCUT2D eigenvalue weighted by Crippen LogP contribution is -2.36. The van der Waals surface area contributed by atoms with Crippen LogP contribution in [-0.4, -0.2) is 42.9 Å². The maximum absolute atomic E-state index is 12.3. The SMILES string of the molecule is CCCc1nc(CCC)n(-c2ccn3c(-c4cccc(NC(=O)NCC(F)(F)F)c4)cnc3c2)n1. The average molecular weight is 486 g/mol. The van der Waals surface area contributed by atoms with Gasteiger partial charge >= 0.3 is 12.2 Å². The monoisotopic (exact) mass is 485 g/mol. The standard InChI is InChI=1S/C24H26F3N7O/c1-3-6-20-31-21(7-4-2)34(32-20)18-10-11-33-19(14-28-22(33)13-18)16-8-5-9-17(12-16)30-23(35)29-15-24(25,26)27/h5,8-14H,3-4,6-7,15H2,1-2H3,(H2,29,30,35). The van der Waals surface area contributed by atoms with Gasteiger partial charge in [-0.1, -0.05) is 26.0 Å². The number of imidazole rings is 1. The molecule has 8 nitrogen and oxygen atoms in total. The predicted molar refractivity (Wildman–Crippen MR) is 127 cm³/mol. The second kappa shape index (κ2) is 10.2. The number of nitrogens with one attached hydrogen (secondary N) is 2. The summed E-state index contributed by atoms with van der Waals surface area (Å²) in [6.07, 6.45) is 2.68. The molecule has 4 aromatic rings. The smallest absolute Gasteiger partial charge is 0.329 e. The van der Waals surface area contributed by atoms with Gasteiger partial charge in [0.15, 0.2) is 5.82 Å². The van der Waals surface area contributed by atoms with E-state index >= 15 is 0 Å². The minimum absolute atomic E-state index is 0.365. The summed E-state index contributed by atoms with van der Waals surface area (Å²) in [7, 11) is 0. The van der Waals surface area contributed by atoms with Crippen molar-refractivity contribution in [2.24, 2.45) is 0 Å². The lowest BCUT2D eigenvalue weighted by Gasteiger charge is -2.11. The van der Waals surface area contributed by atoms with E-state index < -0.39 is 18.8 Å². The minimum atomic E-state index is -4.48. The van der Waals surface area contributed by atoms with Gasteiger partial charge in [-0.05, 0) is 31.0 Å². The molecule has 2 amide bonds. The molecule has 1 aromatic carbocycles. The lowest BCUT2D eigenvalue weighted by atomic mass is 10.1. The van der Waals surface area contributed by atoms with E-state index in [0.29, 0.717) is 11.3 Å². The Morgan fingerprint density at radius 3 is 2.63 bits per heavy atom. The summed E-state index contributed by atoms with van der Waals surface area (Å²) >= 11 is 0. The number of rotatable bonds is 8. The summed E-state index contributed by atoms with van der Waals surface area (Å²) in [6, 6.07) is 9.77. The van der Waals surface area contributed by atoms with Crippen LogP contribution in [0.25, 0.3) is 22.6 Å². The number of nitrogens with zero attached hydrogens (tertiary/aromatic N) is 5. The summed E-state index contributed by atoms with van der Waals surface area (Å²) in [5.74, 6) is 1.73. The highest BCUT2D eigenvalue weighted by Crippen LogP contribution is 2.25. The van der Waals surface area contributed by atoms with Crippen molar-refractivity contribution in [2.45, 2.75) is 45.7 Å². The molecule has 0 saturated carbocycles. The number of hydrogen-bond donors (Lipinski definition) is 2. The summed E-state index contributed by atoms with van der Waals surface area (Å²) in [6.45, 7) is 2.79. The van der Waals surface area contributed by atoms with E-state index in [1.54, 1.807) is 29.7 Å². The van der Waals surface area contributed by atoms with Gasteiger partial charge in [0.25, 0.3) is 0 Å². The third-order valence-electron chi connectivity index (χ3n) is 5.27. The van der Waals surface area contributed by atoms with Gasteiger partial charge in [0.1, 0.15) is 18.0 Å². The van der Waals surface area contributed by atoms with Gasteiger partial charge in [0, 0.05) is 36.4 Å². The number of amides is 2. The fraction of sp³-hybridized carbons (Fsp3) is 0.333. The molecule has 184 valence electrons. The van der Waals surface area contributed by atoms with Gasteiger partial charge in [-0.15, -0.1) is 0 Å². The Morgan fingerprint density at radius 1 is 1.09 bits per heavy atom. The third-order valence-corrected chi connectivity index (χ3v) is 5.27. The van der Waals surface area contributed by atoms with E-state index in [1.165, 1.54) is 0 Å². The van der Waals surface area contributed by atoms with Crippen LogP contribution in [-0.2, 0) is 12.8 Å². The Morgan fingerprint density at radius 2 is 1.89 bits per heavy atom. The molecule has 35 heavy (non-hydrogen) atoms. The zero-order valence-electron chi connectivity index (χ0n) is 19.4. The number of halogens is 3. The highest BCUT2D eigenvalue weighted by molar-refractivity contribution is 5.90. The fourth-order valence-corrected chi connectivity index (χ4v) is 3.74. The molecular formula is C24H26F3N7O. The number of fused-ring (bicyclic) bond motifs is 1. The lowest BCUT2D eigenvalue weighted by molar-refractivity contribution is -0.122. The molecule has 0 aliphatic rings. The first-order valence-corrected chi connectivity index (χ1v) is 11.4. The molecule has 0 bridgehead atoms. The molecule has 0 saturated heterocycles. The maximum Gasteiger partial charge on any atom is 0.405 e. The Bertz CT molecular complexity index is 1330. The van der Waals surface area contributed by atoms with E-state index in [1.807, 2.05) is 33.5 Å². The van der Waals surface area contributed by atoms with E-state index in [0.717, 1.165) is 54.3 Å². The van der Waals surface area contributed by atoms with Crippen molar-refractivity contribution in [2.75, 3.05) is 11.9 Å². The molecule has 4 rings (SSSR count). The first kappa shape index (κ1) is 24.2. The van der Waals surface area contributed by atoms with Crippen LogP contribution >= 0.6 is 0 Å². The van der Waals surface area contributed by atoms with Crippen molar-refractivity contribution in [1.82, 2.24) is 29.5 Å². The van der Waals surface area contributed by atoms with Gasteiger partial charge in [0.05, 0.1) is 17.6 Å². The molecule has 0 aliphatic carbocycles. The van der Waals surface area contributed by atoms with Gasteiger partial charge in [-0.2, -0.15) is 18.3 Å². The van der Waals surface area contributed by atoms with Crippen LogP contribution in [0, 0.1) is 0 Å². The molecule has 3 aromatic heterocycles. The van der Waals surface area contributed by atoms with Crippen LogP contribution < -0.4 is 10.6 Å². The Kier molecular flexibility index (Phi) is 7.04. The van der Waals surface area contributed by atoms with Crippen molar-refractivity contribution < 1.29 is 18.0 Å². The van der Waals surface area contributed by atoms with Gasteiger partial charge in [0.2, 0.25) is 0 Å². The van der Waals surface area contributed by atoms with E-state index in [2.05, 4.69) is 34.2 Å². The molecule has 11 heteroatoms. The fourth-order valence-electron chi connectivity index (χ4n) is 3.74. The van der Waals surface area contributed by atoms with Crippen LogP contribution in [0.15, 0.2) is 48.8 Å². The molecule has 3 heterocycles. The number of aromatic nitrogens is 5. The first-order chi connectivity index (χ1) is 16.8. The van der Waals surface area contributed by atoms with Crippen LogP contribution in [0.1, 0.15) is 38.3 Å². The summed E-state index contributed by atoms with van der Waals surface area (Å²) in [5, 5.41) is 8.90. The summed E-state index contributed by atoms with van der Waals surface area (Å²) < 4.78 is 40.7. The molecular weight excluding hydrogens is 459 g/mol. The third kappa shape index (κ3) is 5.79. The number of carbonyl (C=O) groups is 1. The maximum atomic E-state index is 12.3. The van der Waals surface area contributed by atoms with Crippen molar-refractivity contribution >= 4 is 17.4 Å². The highest BCUT2D eigenvalue weighted by Gasteiger charge is 2.27. The Hall–Kier alpha value is -3.89. The topological polar surface area (TPSA) is 89.1 Å². The summed E-state index contributed by atoms with van der Waals surface area (Å²) in [5.41, 5.74) is 3.45. The van der Waals surface area contributed by atoms with Crippen LogP contribution in [0.2, 0.25) is 0 Å². The largest absolute Gasteiger partial charge is 0.405 e. The second-order valence-electron chi connectivity index (χ2n) is 8.12. The number of alkyl halides is 3. The number of urea groups is 1. The van der Waals surface area contributed by atoms with Crippen molar-refractivity contribution in [3.8, 4) is 16.9 Å². The zero-order valence-corrected chi connectivity index (χ0v) is 19.4. The van der Waals surface area contributed by atoms with Gasteiger partial charge in [-0.25, -0.2) is 19.4 Å². The van der Waals surface area contributed by atoms with Crippen molar-refractivity contribution in [1.29, 1.82) is 0 Å². The van der Waals surface area contributed by atoms with Gasteiger partial charge in [-0.3, -0.25) is 4.40 Å². The van der Waals surface area contributed by atoms with Gasteiger partial charge < -0.3 is 10.6 Å². The number of hydrogen-bond acceptors (Lipinski definition) is 4. The number of benzene rings is 1. The number of pyridine rings is 1. The molecule has 0 spiro atoms. The van der Waals surface area contributed by atoms with Crippen LogP contribution in [0.4, 0.5) is 23.7 Å². The van der Waals surface area contributed by atoms with Crippen LogP contribution in [0.3, 0.4) is 0 Å². The first-order valence-electron chi connectivity index (χ1n) is 11.4. The van der Waals surface area contributed by atoms with E-state index in [9.17, 15) is 18.0 Å². The Balaban J connectivity index is 1.59. The molecule has 0 aliphatic heterocycles. The molecule has 0 radical (unpaired) electrons. The zero-order chi connectivity index (χ0) is 25.0. The summed E-state index contributed by atoms with van der Waals surface area (Å²) in [4.78, 5) is 21.0. The average Bonchev–Trinajstić information content (AvgIpc) is 3.41. The minimum Gasteiger partial charge on any atom is -0.329 e. The van der Waals surface area contributed by atoms with Crippen molar-refractivity contribution in [3.63, 3.8) is 0 Å². The quantitative estimate of drug-likeness (QED) is 0.360. The molecule has 0 unspecified atom stereocenters. The number of aryl methyl sites for hydroxylation is 2. The normalized spacial score (nSPS) is 11.7. The van der Waals surface area contributed by atoms with E-state index in [-0.39, 0.29) is 0 Å². The van der Waals surface area contributed by atoms with Crippen LogP contribution in [0.5, 0.6) is 0 Å². The molecule has 0 atom stereocenters. The molecule has 2 N–H and O–H groups in total. The highest BCUT2D eigenvalue weighted by atomic mass is 19.4. The van der Waals surface area contributed by atoms with Crippen molar-refractivity contribution in [3.05, 3.63) is 60.4 Å². The predicted octanol–water partition coefficient (Wildman–Crippen LogP) is 5.17. The second-order valence-corrected chi connectivity index (χ2v) is 8.12.